The van der Waals surface area contributed by atoms with Crippen molar-refractivity contribution in [3.8, 4) is 0 Å². The van der Waals surface area contributed by atoms with E-state index in [0.29, 0.717) is 25.5 Å². The summed E-state index contributed by atoms with van der Waals surface area (Å²) >= 11 is 0. The lowest BCUT2D eigenvalue weighted by Gasteiger charge is -2.36. The molecule has 0 aromatic heterocycles. The molecule has 0 saturated carbocycles. The first-order chi connectivity index (χ1) is 19.5. The van der Waals surface area contributed by atoms with Crippen molar-refractivity contribution in [3.63, 3.8) is 0 Å². The molecule has 1 N–H and O–H groups in total. The number of piperidine rings is 1. The van der Waals surface area contributed by atoms with Gasteiger partial charge in [-0.15, -0.1) is 0 Å². The first-order valence-electron chi connectivity index (χ1n) is 17.4. The highest BCUT2D eigenvalue weighted by atomic mass is 16.5. The second-order valence-electron chi connectivity index (χ2n) is 12.5. The van der Waals surface area contributed by atoms with E-state index in [9.17, 15) is 9.59 Å². The molecule has 6 heteroatoms. The number of carbonyl (C=O) groups is 2. The van der Waals surface area contributed by atoms with Crippen LogP contribution in [0.4, 0.5) is 4.79 Å². The van der Waals surface area contributed by atoms with Crippen LogP contribution in [-0.2, 0) is 9.53 Å². The standard InChI is InChI=1S/C34H67N3O3/c1-4-5-6-7-8-9-10-11-12-13-14-15-16-17-18-19-20-21-22-26-33(38)37-29-24-23-25-32(37)27-31-40-34(39)35-28-30-36(2)3/h32H,4-31H2,1-3H3,(H,35,39). The Labute approximate surface area is 248 Å². The average molecular weight is 566 g/mol. The normalized spacial score (nSPS) is 15.5. The lowest BCUT2D eigenvalue weighted by Crippen LogP contribution is -2.44. The summed E-state index contributed by atoms with van der Waals surface area (Å²) in [5.74, 6) is 0.298. The number of hydrogen-bond acceptors (Lipinski definition) is 4. The van der Waals surface area contributed by atoms with Crippen LogP contribution >= 0.6 is 0 Å². The predicted octanol–water partition coefficient (Wildman–Crippen LogP) is 8.87. The second kappa shape index (κ2) is 26.6. The summed E-state index contributed by atoms with van der Waals surface area (Å²) < 4.78 is 5.35. The fourth-order valence-electron chi connectivity index (χ4n) is 5.85. The Morgan fingerprint density at radius 1 is 0.750 bits per heavy atom. The fraction of sp³-hybridized carbons (Fsp3) is 0.941. The maximum Gasteiger partial charge on any atom is 0.407 e. The van der Waals surface area contributed by atoms with Gasteiger partial charge >= 0.3 is 6.09 Å². The highest BCUT2D eigenvalue weighted by molar-refractivity contribution is 5.76. The van der Waals surface area contributed by atoms with Crippen LogP contribution in [0.1, 0.15) is 161 Å². The number of alkyl carbamates (subject to hydrolysis) is 1. The van der Waals surface area contributed by atoms with Gasteiger partial charge in [-0.2, -0.15) is 0 Å². The van der Waals surface area contributed by atoms with Crippen molar-refractivity contribution in [3.05, 3.63) is 0 Å². The molecule has 1 atom stereocenters. The summed E-state index contributed by atoms with van der Waals surface area (Å²) in [6.07, 6.45) is 30.3. The van der Waals surface area contributed by atoms with E-state index in [4.69, 9.17) is 4.74 Å². The Bertz CT molecular complexity index is 599. The molecule has 1 unspecified atom stereocenters. The zero-order valence-corrected chi connectivity index (χ0v) is 27.0. The monoisotopic (exact) mass is 566 g/mol. The number of nitrogens with one attached hydrogen (secondary N) is 1. The van der Waals surface area contributed by atoms with Crippen LogP contribution in [0.5, 0.6) is 0 Å². The molecule has 1 saturated heterocycles. The van der Waals surface area contributed by atoms with Crippen LogP contribution in [0.2, 0.25) is 0 Å². The first kappa shape index (κ1) is 36.7. The lowest BCUT2D eigenvalue weighted by molar-refractivity contribution is -0.135. The largest absolute Gasteiger partial charge is 0.449 e. The van der Waals surface area contributed by atoms with Gasteiger partial charge < -0.3 is 19.9 Å². The average Bonchev–Trinajstić information content (AvgIpc) is 2.94. The molecule has 0 aromatic rings. The van der Waals surface area contributed by atoms with E-state index in [0.717, 1.165) is 45.2 Å². The molecular weight excluding hydrogens is 498 g/mol. The van der Waals surface area contributed by atoms with Gasteiger partial charge in [0, 0.05) is 38.5 Å². The quantitative estimate of drug-likeness (QED) is 0.106. The third-order valence-electron chi connectivity index (χ3n) is 8.45. The molecular formula is C34H67N3O3. The molecule has 6 nitrogen and oxygen atoms in total. The topological polar surface area (TPSA) is 61.9 Å². The van der Waals surface area contributed by atoms with Crippen molar-refractivity contribution >= 4 is 12.0 Å². The van der Waals surface area contributed by atoms with Gasteiger partial charge in [-0.1, -0.05) is 122 Å². The number of unbranched alkanes of at least 4 members (excludes halogenated alkanes) is 18. The molecule has 0 radical (unpaired) electrons. The second-order valence-corrected chi connectivity index (χ2v) is 12.5. The van der Waals surface area contributed by atoms with Crippen LogP contribution in [-0.4, -0.2) is 68.2 Å². The van der Waals surface area contributed by atoms with Crippen LogP contribution < -0.4 is 5.32 Å². The van der Waals surface area contributed by atoms with Gasteiger partial charge in [0.15, 0.2) is 0 Å². The summed E-state index contributed by atoms with van der Waals surface area (Å²) in [4.78, 5) is 28.8. The first-order valence-corrected chi connectivity index (χ1v) is 17.4. The number of carbonyl (C=O) groups excluding carboxylic acids is 2. The summed E-state index contributed by atoms with van der Waals surface area (Å²) in [7, 11) is 3.95. The highest BCUT2D eigenvalue weighted by Gasteiger charge is 2.26. The maximum atomic E-state index is 12.9. The number of ether oxygens (including phenoxy) is 1. The van der Waals surface area contributed by atoms with E-state index in [-0.39, 0.29) is 12.1 Å². The Hall–Kier alpha value is -1.30. The van der Waals surface area contributed by atoms with Crippen molar-refractivity contribution in [2.75, 3.05) is 40.3 Å². The van der Waals surface area contributed by atoms with E-state index in [2.05, 4.69) is 17.1 Å². The molecule has 0 aliphatic carbocycles. The lowest BCUT2D eigenvalue weighted by atomic mass is 9.98. The van der Waals surface area contributed by atoms with Crippen LogP contribution in [0.3, 0.4) is 0 Å². The van der Waals surface area contributed by atoms with Crippen molar-refractivity contribution in [1.82, 2.24) is 15.1 Å². The zero-order chi connectivity index (χ0) is 29.1. The Kier molecular flexibility index (Phi) is 24.4. The minimum atomic E-state index is -0.357. The van der Waals surface area contributed by atoms with Gasteiger partial charge in [0.05, 0.1) is 6.61 Å². The van der Waals surface area contributed by atoms with E-state index in [1.54, 1.807) is 0 Å². The smallest absolute Gasteiger partial charge is 0.407 e. The van der Waals surface area contributed by atoms with Crippen molar-refractivity contribution < 1.29 is 14.3 Å². The predicted molar refractivity (Wildman–Crippen MR) is 170 cm³/mol. The molecule has 0 aromatic carbocycles. The van der Waals surface area contributed by atoms with E-state index in [1.165, 1.54) is 116 Å². The van der Waals surface area contributed by atoms with Crippen LogP contribution in [0.25, 0.3) is 0 Å². The van der Waals surface area contributed by atoms with Gasteiger partial charge in [-0.25, -0.2) is 4.79 Å². The minimum absolute atomic E-state index is 0.219. The van der Waals surface area contributed by atoms with Gasteiger partial charge in [-0.05, 0) is 39.8 Å². The zero-order valence-electron chi connectivity index (χ0n) is 27.0. The molecule has 1 aliphatic heterocycles. The molecule has 40 heavy (non-hydrogen) atoms. The molecule has 236 valence electrons. The Morgan fingerprint density at radius 2 is 1.25 bits per heavy atom. The third kappa shape index (κ3) is 21.4. The molecule has 2 amide bonds. The Morgan fingerprint density at radius 3 is 1.75 bits per heavy atom. The summed E-state index contributed by atoms with van der Waals surface area (Å²) in [5.41, 5.74) is 0. The molecule has 0 spiro atoms. The fourth-order valence-corrected chi connectivity index (χ4v) is 5.85. The minimum Gasteiger partial charge on any atom is -0.449 e. The highest BCUT2D eigenvalue weighted by Crippen LogP contribution is 2.22. The van der Waals surface area contributed by atoms with Crippen molar-refractivity contribution in [2.45, 2.75) is 167 Å². The number of rotatable bonds is 26. The summed E-state index contributed by atoms with van der Waals surface area (Å²) in [6, 6.07) is 0.219. The van der Waals surface area contributed by atoms with Gasteiger partial charge in [0.25, 0.3) is 0 Å². The number of nitrogens with zero attached hydrogens (tertiary/aromatic N) is 2. The summed E-state index contributed by atoms with van der Waals surface area (Å²) in [5, 5.41) is 2.78. The van der Waals surface area contributed by atoms with Gasteiger partial charge in [0.2, 0.25) is 5.91 Å². The van der Waals surface area contributed by atoms with Crippen LogP contribution in [0.15, 0.2) is 0 Å². The van der Waals surface area contributed by atoms with Crippen molar-refractivity contribution in [2.24, 2.45) is 0 Å². The summed E-state index contributed by atoms with van der Waals surface area (Å²) in [6.45, 7) is 4.90. The van der Waals surface area contributed by atoms with Crippen molar-refractivity contribution in [1.29, 1.82) is 0 Å². The SMILES string of the molecule is CCCCCCCCCCCCCCCCCCCCCC(=O)N1CCCCC1CCOC(=O)NCCN(C)C. The van der Waals surface area contributed by atoms with E-state index >= 15 is 0 Å². The molecule has 0 bridgehead atoms. The third-order valence-corrected chi connectivity index (χ3v) is 8.45. The molecule has 1 fully saturated rings. The molecule has 1 rings (SSSR count). The van der Waals surface area contributed by atoms with Crippen LogP contribution in [0, 0.1) is 0 Å². The molecule has 1 heterocycles. The number of hydrogen-bond donors (Lipinski definition) is 1. The number of likely N-dealkylation sites (N-methyl/N-ethyl adjacent to an activating group) is 1. The van der Waals surface area contributed by atoms with E-state index < -0.39 is 0 Å². The number of likely N-dealkylation sites (tertiary alicyclic amines) is 1. The van der Waals surface area contributed by atoms with E-state index in [1.807, 2.05) is 19.0 Å². The van der Waals surface area contributed by atoms with Gasteiger partial charge in [-0.3, -0.25) is 4.79 Å². The molecule has 1 aliphatic rings. The number of amides is 2. The maximum absolute atomic E-state index is 12.9. The Balaban J connectivity index is 1.94. The van der Waals surface area contributed by atoms with Gasteiger partial charge in [0.1, 0.15) is 0 Å².